The summed E-state index contributed by atoms with van der Waals surface area (Å²) in [6, 6.07) is 7.99. The molecule has 112 valence electrons. The van der Waals surface area contributed by atoms with E-state index in [0.717, 1.165) is 24.2 Å². The number of anilines is 1. The lowest BCUT2D eigenvalue weighted by molar-refractivity contribution is 0.0954. The normalized spacial score (nSPS) is 10.6. The Morgan fingerprint density at radius 2 is 1.95 bits per heavy atom. The second-order valence-electron chi connectivity index (χ2n) is 5.15. The van der Waals surface area contributed by atoms with Gasteiger partial charge in [-0.25, -0.2) is 0 Å². The van der Waals surface area contributed by atoms with Gasteiger partial charge < -0.3 is 10.6 Å². The first kappa shape index (κ1) is 16.9. The zero-order chi connectivity index (χ0) is 14.8. The topological polar surface area (TPSA) is 41.1 Å². The van der Waals surface area contributed by atoms with Gasteiger partial charge in [0.25, 0.3) is 5.91 Å². The fourth-order valence-electron chi connectivity index (χ4n) is 1.96. The highest BCUT2D eigenvalue weighted by atomic mass is 32.2. The van der Waals surface area contributed by atoms with E-state index in [2.05, 4.69) is 30.7 Å². The summed E-state index contributed by atoms with van der Waals surface area (Å²) in [6.45, 7) is 4.89. The van der Waals surface area contributed by atoms with Crippen molar-refractivity contribution < 1.29 is 4.79 Å². The Hall–Kier alpha value is -1.16. The van der Waals surface area contributed by atoms with Crippen molar-refractivity contribution in [1.29, 1.82) is 0 Å². The van der Waals surface area contributed by atoms with Gasteiger partial charge in [0, 0.05) is 18.3 Å². The van der Waals surface area contributed by atoms with Crippen LogP contribution in [0.3, 0.4) is 0 Å². The molecule has 1 rings (SSSR count). The molecule has 4 heteroatoms. The Kier molecular flexibility index (Phi) is 8.19. The number of rotatable bonds is 9. The van der Waals surface area contributed by atoms with Crippen molar-refractivity contribution in [3.63, 3.8) is 0 Å². The Bertz CT molecular complexity index is 407. The number of carbonyl (C=O) groups excluding carboxylic acids is 1. The minimum Gasteiger partial charge on any atom is -0.382 e. The van der Waals surface area contributed by atoms with Crippen LogP contribution in [0.4, 0.5) is 5.69 Å². The van der Waals surface area contributed by atoms with Crippen molar-refractivity contribution >= 4 is 23.4 Å². The van der Waals surface area contributed by atoms with Gasteiger partial charge in [-0.15, -0.1) is 0 Å². The van der Waals surface area contributed by atoms with Crippen molar-refractivity contribution in [3.8, 4) is 0 Å². The highest BCUT2D eigenvalue weighted by Gasteiger charge is 2.10. The lowest BCUT2D eigenvalue weighted by Crippen LogP contribution is -2.26. The monoisotopic (exact) mass is 294 g/mol. The third-order valence-corrected chi connectivity index (χ3v) is 3.62. The zero-order valence-corrected chi connectivity index (χ0v) is 13.6. The van der Waals surface area contributed by atoms with E-state index in [9.17, 15) is 4.79 Å². The number of amides is 1. The molecule has 0 saturated carbocycles. The maximum atomic E-state index is 12.2. The summed E-state index contributed by atoms with van der Waals surface area (Å²) in [5.74, 6) is 1.22. The van der Waals surface area contributed by atoms with Crippen molar-refractivity contribution in [2.45, 2.75) is 39.2 Å². The van der Waals surface area contributed by atoms with Gasteiger partial charge in [-0.3, -0.25) is 4.79 Å². The molecule has 0 aliphatic rings. The van der Waals surface area contributed by atoms with Crippen molar-refractivity contribution in [3.05, 3.63) is 29.8 Å². The smallest absolute Gasteiger partial charge is 0.253 e. The molecule has 0 fully saturated rings. The van der Waals surface area contributed by atoms with E-state index in [1.807, 2.05) is 36.0 Å². The summed E-state index contributed by atoms with van der Waals surface area (Å²) in [5, 5.41) is 6.31. The summed E-state index contributed by atoms with van der Waals surface area (Å²) in [7, 11) is 0. The average molecular weight is 294 g/mol. The highest BCUT2D eigenvalue weighted by Crippen LogP contribution is 2.15. The molecule has 2 N–H and O–H groups in total. The van der Waals surface area contributed by atoms with E-state index in [1.165, 1.54) is 18.6 Å². The molecule has 1 aromatic carbocycles. The first-order chi connectivity index (χ1) is 9.65. The van der Waals surface area contributed by atoms with Gasteiger partial charge >= 0.3 is 0 Å². The molecule has 0 radical (unpaired) electrons. The summed E-state index contributed by atoms with van der Waals surface area (Å²) in [6.07, 6.45) is 5.57. The maximum absolute atomic E-state index is 12.2. The second-order valence-corrected chi connectivity index (χ2v) is 6.14. The molecule has 1 amide bonds. The summed E-state index contributed by atoms with van der Waals surface area (Å²) in [5.41, 5.74) is 1.63. The second kappa shape index (κ2) is 9.70. The molecule has 0 heterocycles. The molecular formula is C16H26N2OS. The van der Waals surface area contributed by atoms with Crippen LogP contribution in [0.2, 0.25) is 0 Å². The van der Waals surface area contributed by atoms with Crippen LogP contribution >= 0.6 is 11.8 Å². The van der Waals surface area contributed by atoms with E-state index in [1.54, 1.807) is 0 Å². The fourth-order valence-corrected chi connectivity index (χ4v) is 2.46. The molecule has 1 aromatic rings. The SMILES string of the molecule is CSCCCCCNC(=O)c1ccccc1NC(C)C. The molecule has 0 spiro atoms. The van der Waals surface area contributed by atoms with E-state index >= 15 is 0 Å². The number of thioether (sulfide) groups is 1. The summed E-state index contributed by atoms with van der Waals surface area (Å²) < 4.78 is 0. The van der Waals surface area contributed by atoms with Crippen LogP contribution in [0, 0.1) is 0 Å². The molecule has 0 aliphatic heterocycles. The minimum atomic E-state index is 0.0126. The van der Waals surface area contributed by atoms with E-state index in [-0.39, 0.29) is 5.91 Å². The first-order valence-corrected chi connectivity index (χ1v) is 8.67. The third-order valence-electron chi connectivity index (χ3n) is 2.93. The van der Waals surface area contributed by atoms with Crippen LogP contribution in [0.5, 0.6) is 0 Å². The molecule has 3 nitrogen and oxygen atoms in total. The molecule has 0 bridgehead atoms. The lowest BCUT2D eigenvalue weighted by atomic mass is 10.1. The highest BCUT2D eigenvalue weighted by molar-refractivity contribution is 7.98. The molecule has 0 aliphatic carbocycles. The van der Waals surface area contributed by atoms with Crippen LogP contribution in [0.1, 0.15) is 43.5 Å². The number of hydrogen-bond acceptors (Lipinski definition) is 3. The van der Waals surface area contributed by atoms with Gasteiger partial charge in [-0.1, -0.05) is 18.6 Å². The van der Waals surface area contributed by atoms with Crippen molar-refractivity contribution in [2.24, 2.45) is 0 Å². The lowest BCUT2D eigenvalue weighted by Gasteiger charge is -2.14. The van der Waals surface area contributed by atoms with E-state index in [0.29, 0.717) is 6.04 Å². The number of unbranched alkanes of at least 4 members (excludes halogenated alkanes) is 2. The number of benzene rings is 1. The third kappa shape index (κ3) is 6.33. The van der Waals surface area contributed by atoms with Crippen molar-refractivity contribution in [2.75, 3.05) is 23.9 Å². The summed E-state index contributed by atoms with van der Waals surface area (Å²) >= 11 is 1.87. The van der Waals surface area contributed by atoms with Gasteiger partial charge in [0.2, 0.25) is 0 Å². The van der Waals surface area contributed by atoms with Crippen LogP contribution < -0.4 is 10.6 Å². The largest absolute Gasteiger partial charge is 0.382 e. The standard InChI is InChI=1S/C16H26N2OS/c1-13(2)18-15-10-6-5-9-14(15)16(19)17-11-7-4-8-12-20-3/h5-6,9-10,13,18H,4,7-8,11-12H2,1-3H3,(H,17,19). The molecule has 0 aromatic heterocycles. The van der Waals surface area contributed by atoms with Crippen LogP contribution in [-0.4, -0.2) is 30.5 Å². The molecule has 20 heavy (non-hydrogen) atoms. The number of hydrogen-bond donors (Lipinski definition) is 2. The predicted octanol–water partition coefficient (Wildman–Crippen LogP) is 3.77. The fraction of sp³-hybridized carbons (Fsp3) is 0.562. The Morgan fingerprint density at radius 3 is 2.65 bits per heavy atom. The zero-order valence-electron chi connectivity index (χ0n) is 12.7. The van der Waals surface area contributed by atoms with Gasteiger partial charge in [-0.05, 0) is 50.8 Å². The predicted molar refractivity (Wildman–Crippen MR) is 89.8 cm³/mol. The Morgan fingerprint density at radius 1 is 1.20 bits per heavy atom. The van der Waals surface area contributed by atoms with Crippen LogP contribution in [0.25, 0.3) is 0 Å². The Balaban J connectivity index is 2.43. The van der Waals surface area contributed by atoms with E-state index in [4.69, 9.17) is 0 Å². The molecule has 0 saturated heterocycles. The minimum absolute atomic E-state index is 0.0126. The number of para-hydroxylation sites is 1. The maximum Gasteiger partial charge on any atom is 0.253 e. The van der Waals surface area contributed by atoms with Crippen LogP contribution in [-0.2, 0) is 0 Å². The molecular weight excluding hydrogens is 268 g/mol. The van der Waals surface area contributed by atoms with Gasteiger partial charge in [0.15, 0.2) is 0 Å². The van der Waals surface area contributed by atoms with E-state index < -0.39 is 0 Å². The van der Waals surface area contributed by atoms with Gasteiger partial charge in [0.05, 0.1) is 5.56 Å². The van der Waals surface area contributed by atoms with Gasteiger partial charge in [0.1, 0.15) is 0 Å². The van der Waals surface area contributed by atoms with Gasteiger partial charge in [-0.2, -0.15) is 11.8 Å². The molecule has 0 unspecified atom stereocenters. The number of nitrogens with one attached hydrogen (secondary N) is 2. The quantitative estimate of drug-likeness (QED) is 0.681. The average Bonchev–Trinajstić information content (AvgIpc) is 2.42. The van der Waals surface area contributed by atoms with Crippen molar-refractivity contribution in [1.82, 2.24) is 5.32 Å². The molecule has 0 atom stereocenters. The first-order valence-electron chi connectivity index (χ1n) is 7.28. The van der Waals surface area contributed by atoms with Crippen LogP contribution in [0.15, 0.2) is 24.3 Å². The summed E-state index contributed by atoms with van der Waals surface area (Å²) in [4.78, 5) is 12.2. The Labute approximate surface area is 126 Å². The number of carbonyl (C=O) groups is 1.